The molecule has 0 spiro atoms. The molecular weight excluding hydrogens is 363 g/mol. The zero-order chi connectivity index (χ0) is 17.8. The Morgan fingerprint density at radius 3 is 2.48 bits per heavy atom. The fourth-order valence-electron chi connectivity index (χ4n) is 2.75. The Labute approximate surface area is 155 Å². The van der Waals surface area contributed by atoms with E-state index >= 15 is 0 Å². The lowest BCUT2D eigenvalue weighted by molar-refractivity contribution is -0.130. The van der Waals surface area contributed by atoms with Gasteiger partial charge < -0.3 is 20.1 Å². The second kappa shape index (κ2) is 7.80. The van der Waals surface area contributed by atoms with Gasteiger partial charge in [-0.3, -0.25) is 9.59 Å². The number of H-pyrrole nitrogens is 1. The molecule has 2 aromatic rings. The average molecular weight is 381 g/mol. The summed E-state index contributed by atoms with van der Waals surface area (Å²) >= 11 is 11.8. The quantitative estimate of drug-likeness (QED) is 0.855. The van der Waals surface area contributed by atoms with Gasteiger partial charge in [0.05, 0.1) is 11.6 Å². The molecule has 25 heavy (non-hydrogen) atoms. The molecule has 1 aliphatic rings. The Morgan fingerprint density at radius 1 is 1.08 bits per heavy atom. The maximum atomic E-state index is 12.3. The van der Waals surface area contributed by atoms with E-state index in [2.05, 4.69) is 15.2 Å². The van der Waals surface area contributed by atoms with E-state index in [1.165, 1.54) is 12.3 Å². The van der Waals surface area contributed by atoms with Gasteiger partial charge in [-0.25, -0.2) is 0 Å². The van der Waals surface area contributed by atoms with Gasteiger partial charge in [0.1, 0.15) is 5.69 Å². The predicted octanol–water partition coefficient (Wildman–Crippen LogP) is 2.40. The topological polar surface area (TPSA) is 68.4 Å². The summed E-state index contributed by atoms with van der Waals surface area (Å²) in [4.78, 5) is 30.9. The highest BCUT2D eigenvalue weighted by atomic mass is 35.5. The summed E-state index contributed by atoms with van der Waals surface area (Å²) in [5.41, 5.74) is 1.39. The summed E-state index contributed by atoms with van der Waals surface area (Å²) in [7, 11) is 0. The molecule has 132 valence electrons. The average Bonchev–Trinajstić information content (AvgIpc) is 3.06. The minimum Gasteiger partial charge on any atom is -0.368 e. The molecule has 1 fully saturated rings. The Hall–Kier alpha value is -2.18. The van der Waals surface area contributed by atoms with E-state index < -0.39 is 0 Å². The summed E-state index contributed by atoms with van der Waals surface area (Å²) in [5, 5.41) is 3.76. The number of piperazine rings is 1. The van der Waals surface area contributed by atoms with Gasteiger partial charge in [-0.2, -0.15) is 0 Å². The van der Waals surface area contributed by atoms with Gasteiger partial charge >= 0.3 is 0 Å². The second-order valence-electron chi connectivity index (χ2n) is 5.76. The smallest absolute Gasteiger partial charge is 0.268 e. The molecule has 2 amide bonds. The summed E-state index contributed by atoms with van der Waals surface area (Å²) in [5.74, 6) is -0.449. The highest BCUT2D eigenvalue weighted by Gasteiger charge is 2.22. The maximum absolute atomic E-state index is 12.3. The zero-order valence-electron chi connectivity index (χ0n) is 13.5. The minimum absolute atomic E-state index is 0.0351. The van der Waals surface area contributed by atoms with E-state index in [0.717, 1.165) is 18.8 Å². The third kappa shape index (κ3) is 4.46. The molecule has 0 bridgehead atoms. The molecule has 2 N–H and O–H groups in total. The Bertz CT molecular complexity index is 770. The number of nitrogens with zero attached hydrogens (tertiary/aromatic N) is 2. The first-order chi connectivity index (χ1) is 12.0. The Morgan fingerprint density at radius 2 is 1.84 bits per heavy atom. The van der Waals surface area contributed by atoms with Crippen LogP contribution in [-0.2, 0) is 4.79 Å². The zero-order valence-corrected chi connectivity index (χ0v) is 15.0. The van der Waals surface area contributed by atoms with Crippen molar-refractivity contribution in [2.45, 2.75) is 0 Å². The van der Waals surface area contributed by atoms with Crippen molar-refractivity contribution >= 4 is 40.7 Å². The van der Waals surface area contributed by atoms with Crippen LogP contribution in [0.5, 0.6) is 0 Å². The molecule has 1 saturated heterocycles. The highest BCUT2D eigenvalue weighted by molar-refractivity contribution is 6.31. The number of aromatic nitrogens is 1. The van der Waals surface area contributed by atoms with Gasteiger partial charge in [0.2, 0.25) is 5.91 Å². The van der Waals surface area contributed by atoms with Crippen LogP contribution in [0.4, 0.5) is 5.69 Å². The molecule has 2 heterocycles. The molecule has 6 nitrogen and oxygen atoms in total. The van der Waals surface area contributed by atoms with Crippen LogP contribution in [0.1, 0.15) is 10.5 Å². The van der Waals surface area contributed by atoms with E-state index in [9.17, 15) is 9.59 Å². The van der Waals surface area contributed by atoms with E-state index in [0.29, 0.717) is 28.8 Å². The van der Waals surface area contributed by atoms with Crippen LogP contribution in [0.3, 0.4) is 0 Å². The number of hydrogen-bond donors (Lipinski definition) is 2. The number of benzene rings is 1. The summed E-state index contributed by atoms with van der Waals surface area (Å²) in [6, 6.07) is 9.19. The molecule has 1 aromatic heterocycles. The van der Waals surface area contributed by atoms with Crippen molar-refractivity contribution in [1.29, 1.82) is 0 Å². The van der Waals surface area contributed by atoms with E-state index in [-0.39, 0.29) is 18.4 Å². The first kappa shape index (κ1) is 17.6. The molecule has 0 saturated carbocycles. The van der Waals surface area contributed by atoms with Crippen LogP contribution in [0.25, 0.3) is 0 Å². The van der Waals surface area contributed by atoms with Gasteiger partial charge in [-0.15, -0.1) is 0 Å². The molecule has 1 aromatic carbocycles. The molecule has 0 radical (unpaired) electrons. The van der Waals surface area contributed by atoms with Gasteiger partial charge in [0.15, 0.2) is 0 Å². The molecule has 1 aliphatic heterocycles. The second-order valence-corrected chi connectivity index (χ2v) is 6.63. The standard InChI is InChI=1S/C17H18Cl2N4O2/c18-12-2-1-3-14(8-12)22-4-6-23(7-5-22)16(24)11-21-17(25)15-9-13(19)10-20-15/h1-3,8-10,20H,4-7,11H2,(H,21,25). The van der Waals surface area contributed by atoms with E-state index in [1.807, 2.05) is 24.3 Å². The lowest BCUT2D eigenvalue weighted by atomic mass is 10.2. The lowest BCUT2D eigenvalue weighted by Gasteiger charge is -2.36. The van der Waals surface area contributed by atoms with Crippen LogP contribution in [0.15, 0.2) is 36.5 Å². The maximum Gasteiger partial charge on any atom is 0.268 e. The molecule has 0 aliphatic carbocycles. The number of halogens is 2. The minimum atomic E-state index is -0.349. The predicted molar refractivity (Wildman–Crippen MR) is 98.4 cm³/mol. The van der Waals surface area contributed by atoms with Gasteiger partial charge in [0, 0.05) is 43.1 Å². The number of anilines is 1. The Balaban J connectivity index is 1.47. The monoisotopic (exact) mass is 380 g/mol. The normalized spacial score (nSPS) is 14.5. The van der Waals surface area contributed by atoms with Crippen molar-refractivity contribution < 1.29 is 9.59 Å². The van der Waals surface area contributed by atoms with Crippen LogP contribution in [0.2, 0.25) is 10.0 Å². The van der Waals surface area contributed by atoms with Crippen LogP contribution in [-0.4, -0.2) is 54.4 Å². The van der Waals surface area contributed by atoms with E-state index in [4.69, 9.17) is 23.2 Å². The third-order valence-electron chi connectivity index (χ3n) is 4.10. The largest absolute Gasteiger partial charge is 0.368 e. The fourth-order valence-corrected chi connectivity index (χ4v) is 3.10. The summed E-state index contributed by atoms with van der Waals surface area (Å²) < 4.78 is 0. The number of carbonyl (C=O) groups excluding carboxylic acids is 2. The number of amides is 2. The highest BCUT2D eigenvalue weighted by Crippen LogP contribution is 2.20. The van der Waals surface area contributed by atoms with Crippen LogP contribution >= 0.6 is 23.2 Å². The number of aromatic amines is 1. The molecule has 3 rings (SSSR count). The van der Waals surface area contributed by atoms with Crippen LogP contribution < -0.4 is 10.2 Å². The molecule has 8 heteroatoms. The fraction of sp³-hybridized carbons (Fsp3) is 0.294. The van der Waals surface area contributed by atoms with Crippen molar-refractivity contribution in [1.82, 2.24) is 15.2 Å². The first-order valence-electron chi connectivity index (χ1n) is 7.93. The Kier molecular flexibility index (Phi) is 5.50. The van der Waals surface area contributed by atoms with Gasteiger partial charge in [-0.1, -0.05) is 29.3 Å². The number of carbonyl (C=O) groups is 2. The van der Waals surface area contributed by atoms with Gasteiger partial charge in [0.25, 0.3) is 5.91 Å². The van der Waals surface area contributed by atoms with Crippen molar-refractivity contribution in [3.63, 3.8) is 0 Å². The van der Waals surface area contributed by atoms with Crippen molar-refractivity contribution in [3.05, 3.63) is 52.3 Å². The summed E-state index contributed by atoms with van der Waals surface area (Å²) in [6.45, 7) is 2.64. The van der Waals surface area contributed by atoms with Crippen molar-refractivity contribution in [2.24, 2.45) is 0 Å². The number of rotatable bonds is 4. The lowest BCUT2D eigenvalue weighted by Crippen LogP contribution is -2.51. The van der Waals surface area contributed by atoms with Gasteiger partial charge in [-0.05, 0) is 24.3 Å². The first-order valence-corrected chi connectivity index (χ1v) is 8.69. The summed E-state index contributed by atoms with van der Waals surface area (Å²) in [6.07, 6.45) is 1.52. The molecule has 0 atom stereocenters. The van der Waals surface area contributed by atoms with Crippen molar-refractivity contribution in [2.75, 3.05) is 37.6 Å². The third-order valence-corrected chi connectivity index (χ3v) is 4.55. The molecular formula is C17H18Cl2N4O2. The number of hydrogen-bond acceptors (Lipinski definition) is 3. The number of nitrogens with one attached hydrogen (secondary N) is 2. The van der Waals surface area contributed by atoms with Crippen LogP contribution in [0, 0.1) is 0 Å². The SMILES string of the molecule is O=C(NCC(=O)N1CCN(c2cccc(Cl)c2)CC1)c1cc(Cl)c[nH]1. The molecule has 0 unspecified atom stereocenters. The van der Waals surface area contributed by atoms with E-state index in [1.54, 1.807) is 4.90 Å². The van der Waals surface area contributed by atoms with Crippen molar-refractivity contribution in [3.8, 4) is 0 Å².